The van der Waals surface area contributed by atoms with Gasteiger partial charge in [0, 0.05) is 6.42 Å². The minimum atomic E-state index is 0.440. The molecular weight excluding hydrogens is 260 g/mol. The number of rotatable bonds is 3. The lowest BCUT2D eigenvalue weighted by Crippen LogP contribution is -1.91. The van der Waals surface area contributed by atoms with Gasteiger partial charge in [0.1, 0.15) is 5.00 Å². The third kappa shape index (κ3) is 2.34. The molecule has 96 valence electrons. The van der Waals surface area contributed by atoms with Crippen molar-refractivity contribution in [3.63, 3.8) is 0 Å². The van der Waals surface area contributed by atoms with Gasteiger partial charge in [-0.05, 0) is 24.0 Å². The van der Waals surface area contributed by atoms with Crippen LogP contribution in [0.3, 0.4) is 0 Å². The summed E-state index contributed by atoms with van der Waals surface area (Å²) in [6.07, 6.45) is 0.640. The first-order valence-corrected chi connectivity index (χ1v) is 6.60. The molecule has 0 unspecified atom stereocenters. The predicted molar refractivity (Wildman–Crippen MR) is 73.8 cm³/mol. The molecule has 0 aliphatic carbocycles. The smallest absolute Gasteiger partial charge is 0.262 e. The number of aromatic nitrogens is 3. The third-order valence-corrected chi connectivity index (χ3v) is 3.54. The van der Waals surface area contributed by atoms with Gasteiger partial charge in [0.25, 0.3) is 5.89 Å². The summed E-state index contributed by atoms with van der Waals surface area (Å²) < 4.78 is 9.44. The van der Waals surface area contributed by atoms with E-state index < -0.39 is 0 Å². The Morgan fingerprint density at radius 3 is 2.74 bits per heavy atom. The Bertz CT molecular complexity index is 670. The number of benzene rings is 1. The van der Waals surface area contributed by atoms with E-state index in [1.54, 1.807) is 0 Å². The number of aryl methyl sites for hydroxylation is 1. The average Bonchev–Trinajstić information content (AvgIpc) is 2.98. The Labute approximate surface area is 114 Å². The molecule has 3 aromatic rings. The lowest BCUT2D eigenvalue weighted by molar-refractivity contribution is 0.424. The fourth-order valence-electron chi connectivity index (χ4n) is 1.85. The molecular formula is C13H12N4OS. The van der Waals surface area contributed by atoms with E-state index in [1.165, 1.54) is 11.5 Å². The molecule has 0 amide bonds. The van der Waals surface area contributed by atoms with Crippen molar-refractivity contribution in [2.24, 2.45) is 0 Å². The van der Waals surface area contributed by atoms with Gasteiger partial charge in [0.15, 0.2) is 5.82 Å². The first-order valence-electron chi connectivity index (χ1n) is 5.82. The van der Waals surface area contributed by atoms with E-state index >= 15 is 0 Å². The van der Waals surface area contributed by atoms with E-state index in [0.717, 1.165) is 16.8 Å². The second kappa shape index (κ2) is 4.81. The number of hydrogen-bond acceptors (Lipinski definition) is 6. The average molecular weight is 272 g/mol. The van der Waals surface area contributed by atoms with Crippen molar-refractivity contribution in [2.45, 2.75) is 13.3 Å². The zero-order chi connectivity index (χ0) is 13.2. The summed E-state index contributed by atoms with van der Waals surface area (Å²) in [6, 6.07) is 10.0. The van der Waals surface area contributed by atoms with Crippen LogP contribution >= 0.6 is 11.5 Å². The molecule has 0 saturated heterocycles. The molecule has 1 aromatic carbocycles. The lowest BCUT2D eigenvalue weighted by atomic mass is 10.1. The summed E-state index contributed by atoms with van der Waals surface area (Å²) in [6.45, 7) is 1.88. The van der Waals surface area contributed by atoms with Gasteiger partial charge >= 0.3 is 0 Å². The molecule has 2 aromatic heterocycles. The van der Waals surface area contributed by atoms with Gasteiger partial charge in [0.2, 0.25) is 0 Å². The van der Waals surface area contributed by atoms with Crippen LogP contribution in [0, 0.1) is 6.92 Å². The molecule has 0 aliphatic heterocycles. The number of nitrogens with zero attached hydrogens (tertiary/aromatic N) is 3. The van der Waals surface area contributed by atoms with Crippen LogP contribution in [0.25, 0.3) is 11.5 Å². The highest BCUT2D eigenvalue weighted by Gasteiger charge is 2.17. The Balaban J connectivity index is 1.88. The number of nitrogen functional groups attached to an aromatic ring is 1. The molecule has 0 aliphatic rings. The predicted octanol–water partition coefficient (Wildman–Crippen LogP) is 2.67. The van der Waals surface area contributed by atoms with Crippen LogP contribution in [0.15, 0.2) is 34.9 Å². The molecule has 0 radical (unpaired) electrons. The second-order valence-corrected chi connectivity index (χ2v) is 4.99. The van der Waals surface area contributed by atoms with Crippen molar-refractivity contribution in [2.75, 3.05) is 5.73 Å². The fraction of sp³-hybridized carbons (Fsp3) is 0.154. The Hall–Kier alpha value is -2.21. The van der Waals surface area contributed by atoms with Crippen LogP contribution in [0.2, 0.25) is 0 Å². The molecule has 0 spiro atoms. The molecule has 2 heterocycles. The van der Waals surface area contributed by atoms with Crippen LogP contribution in [0.1, 0.15) is 17.1 Å². The quantitative estimate of drug-likeness (QED) is 0.793. The molecule has 5 nitrogen and oxygen atoms in total. The van der Waals surface area contributed by atoms with Gasteiger partial charge in [-0.1, -0.05) is 35.5 Å². The van der Waals surface area contributed by atoms with E-state index in [2.05, 4.69) is 14.5 Å². The van der Waals surface area contributed by atoms with E-state index in [1.807, 2.05) is 37.3 Å². The summed E-state index contributed by atoms with van der Waals surface area (Å²) in [5.41, 5.74) is 8.57. The van der Waals surface area contributed by atoms with Gasteiger partial charge in [0.05, 0.1) is 11.3 Å². The maximum atomic E-state index is 5.86. The lowest BCUT2D eigenvalue weighted by Gasteiger charge is -1.94. The van der Waals surface area contributed by atoms with Gasteiger partial charge in [-0.15, -0.1) is 0 Å². The largest absolute Gasteiger partial charge is 0.389 e. The minimum absolute atomic E-state index is 0.440. The van der Waals surface area contributed by atoms with Gasteiger partial charge in [-0.25, -0.2) is 0 Å². The van der Waals surface area contributed by atoms with Crippen molar-refractivity contribution in [3.8, 4) is 11.5 Å². The molecule has 0 atom stereocenters. The molecule has 0 saturated carbocycles. The summed E-state index contributed by atoms with van der Waals surface area (Å²) in [5.74, 6) is 1.08. The fourth-order valence-corrected chi connectivity index (χ4v) is 2.51. The highest BCUT2D eigenvalue weighted by molar-refractivity contribution is 7.10. The summed E-state index contributed by atoms with van der Waals surface area (Å²) in [7, 11) is 0. The normalized spacial score (nSPS) is 10.8. The number of anilines is 1. The molecule has 0 fully saturated rings. The number of hydrogen-bond donors (Lipinski definition) is 1. The van der Waals surface area contributed by atoms with E-state index in [0.29, 0.717) is 23.1 Å². The number of nitrogens with two attached hydrogens (primary N) is 1. The molecule has 3 rings (SSSR count). The molecule has 19 heavy (non-hydrogen) atoms. The standard InChI is InChI=1S/C13H12N4OS/c1-8-11(12(14)19-17-8)13-15-10(16-18-13)7-9-5-3-2-4-6-9/h2-6H,7,14H2,1H3. The van der Waals surface area contributed by atoms with Crippen LogP contribution in [-0.4, -0.2) is 14.5 Å². The Morgan fingerprint density at radius 2 is 2.05 bits per heavy atom. The summed E-state index contributed by atoms with van der Waals surface area (Å²) in [5, 5.41) is 4.59. The monoisotopic (exact) mass is 272 g/mol. The van der Waals surface area contributed by atoms with Crippen molar-refractivity contribution in [1.82, 2.24) is 14.5 Å². The maximum Gasteiger partial charge on any atom is 0.262 e. The van der Waals surface area contributed by atoms with Gasteiger partial charge in [-0.2, -0.15) is 9.36 Å². The topological polar surface area (TPSA) is 77.8 Å². The zero-order valence-electron chi connectivity index (χ0n) is 10.3. The molecule has 0 bridgehead atoms. The first-order chi connectivity index (χ1) is 9.24. The maximum absolute atomic E-state index is 5.86. The minimum Gasteiger partial charge on any atom is -0.389 e. The van der Waals surface area contributed by atoms with Crippen LogP contribution in [-0.2, 0) is 6.42 Å². The van der Waals surface area contributed by atoms with E-state index in [-0.39, 0.29) is 0 Å². The van der Waals surface area contributed by atoms with Crippen LogP contribution in [0.5, 0.6) is 0 Å². The van der Waals surface area contributed by atoms with Crippen molar-refractivity contribution in [3.05, 3.63) is 47.4 Å². The van der Waals surface area contributed by atoms with Crippen LogP contribution in [0.4, 0.5) is 5.00 Å². The highest BCUT2D eigenvalue weighted by atomic mass is 32.1. The molecule has 6 heteroatoms. The van der Waals surface area contributed by atoms with Gasteiger partial charge in [-0.3, -0.25) is 0 Å². The Morgan fingerprint density at radius 1 is 1.26 bits per heavy atom. The second-order valence-electron chi connectivity index (χ2n) is 4.19. The third-order valence-electron chi connectivity index (χ3n) is 2.78. The van der Waals surface area contributed by atoms with Crippen molar-refractivity contribution >= 4 is 16.5 Å². The Kier molecular flexibility index (Phi) is 3.00. The van der Waals surface area contributed by atoms with E-state index in [9.17, 15) is 0 Å². The van der Waals surface area contributed by atoms with Crippen molar-refractivity contribution in [1.29, 1.82) is 0 Å². The van der Waals surface area contributed by atoms with Crippen LogP contribution < -0.4 is 5.73 Å². The van der Waals surface area contributed by atoms with E-state index in [4.69, 9.17) is 10.3 Å². The molecule has 2 N–H and O–H groups in total. The first kappa shape index (κ1) is 11.9. The summed E-state index contributed by atoms with van der Waals surface area (Å²) >= 11 is 1.24. The highest BCUT2D eigenvalue weighted by Crippen LogP contribution is 2.30. The SMILES string of the molecule is Cc1nsc(N)c1-c1nc(Cc2ccccc2)no1. The zero-order valence-corrected chi connectivity index (χ0v) is 11.1. The summed E-state index contributed by atoms with van der Waals surface area (Å²) in [4.78, 5) is 4.38. The van der Waals surface area contributed by atoms with Gasteiger partial charge < -0.3 is 10.3 Å². The van der Waals surface area contributed by atoms with Crippen molar-refractivity contribution < 1.29 is 4.52 Å².